The van der Waals surface area contributed by atoms with Gasteiger partial charge in [0.25, 0.3) is 0 Å². The third-order valence-electron chi connectivity index (χ3n) is 4.32. The minimum absolute atomic E-state index is 0.164. The van der Waals surface area contributed by atoms with E-state index >= 15 is 0 Å². The lowest BCUT2D eigenvalue weighted by Crippen LogP contribution is -2.16. The van der Waals surface area contributed by atoms with E-state index in [1.54, 1.807) is 30.3 Å². The van der Waals surface area contributed by atoms with Crippen molar-refractivity contribution in [3.63, 3.8) is 0 Å². The molecule has 9 heteroatoms. The molecular weight excluding hydrogens is 455 g/mol. The van der Waals surface area contributed by atoms with Gasteiger partial charge in [-0.25, -0.2) is 0 Å². The molecule has 3 rings (SSSR count). The molecule has 6 nitrogen and oxygen atoms in total. The van der Waals surface area contributed by atoms with E-state index in [9.17, 15) is 4.79 Å². The van der Waals surface area contributed by atoms with Gasteiger partial charge in [-0.2, -0.15) is 0 Å². The average molecular weight is 477 g/mol. The summed E-state index contributed by atoms with van der Waals surface area (Å²) in [6.07, 6.45) is 1.74. The van der Waals surface area contributed by atoms with Crippen molar-refractivity contribution in [2.75, 3.05) is 11.1 Å². The lowest BCUT2D eigenvalue weighted by molar-refractivity contribution is -0.113. The third kappa shape index (κ3) is 6.26. The summed E-state index contributed by atoms with van der Waals surface area (Å²) in [7, 11) is 0. The van der Waals surface area contributed by atoms with Crippen molar-refractivity contribution in [1.82, 2.24) is 14.8 Å². The van der Waals surface area contributed by atoms with Gasteiger partial charge in [-0.3, -0.25) is 9.36 Å². The van der Waals surface area contributed by atoms with Gasteiger partial charge in [0.15, 0.2) is 11.0 Å². The molecule has 2 aromatic carbocycles. The topological polar surface area (TPSA) is 69.0 Å². The number of halogens is 2. The number of nitrogens with one attached hydrogen (secondary N) is 1. The first-order chi connectivity index (χ1) is 14.9. The van der Waals surface area contributed by atoms with Crippen molar-refractivity contribution < 1.29 is 9.53 Å². The number of aromatic nitrogens is 3. The van der Waals surface area contributed by atoms with Crippen LogP contribution in [-0.4, -0.2) is 26.4 Å². The first-order valence-corrected chi connectivity index (χ1v) is 11.2. The lowest BCUT2D eigenvalue weighted by atomic mass is 10.1. The van der Waals surface area contributed by atoms with Gasteiger partial charge in [0.1, 0.15) is 12.4 Å². The first-order valence-electron chi connectivity index (χ1n) is 9.48. The zero-order valence-electron chi connectivity index (χ0n) is 17.2. The van der Waals surface area contributed by atoms with Crippen molar-refractivity contribution >= 4 is 46.6 Å². The highest BCUT2D eigenvalue weighted by Gasteiger charge is 2.15. The number of carbonyl (C=O) groups is 1. The van der Waals surface area contributed by atoms with Gasteiger partial charge in [-0.05, 0) is 55.3 Å². The minimum Gasteiger partial charge on any atom is -0.486 e. The van der Waals surface area contributed by atoms with Gasteiger partial charge in [0.2, 0.25) is 5.91 Å². The fraction of sp³-hybridized carbons (Fsp3) is 0.227. The number of anilines is 1. The quantitative estimate of drug-likeness (QED) is 0.316. The Morgan fingerprint density at radius 1 is 1.23 bits per heavy atom. The van der Waals surface area contributed by atoms with Crippen LogP contribution in [0.3, 0.4) is 0 Å². The van der Waals surface area contributed by atoms with E-state index in [0.717, 1.165) is 11.1 Å². The maximum Gasteiger partial charge on any atom is 0.234 e. The number of hydrogen-bond acceptors (Lipinski definition) is 5. The normalized spacial score (nSPS) is 10.7. The second-order valence-electron chi connectivity index (χ2n) is 6.82. The van der Waals surface area contributed by atoms with E-state index < -0.39 is 0 Å². The van der Waals surface area contributed by atoms with Gasteiger partial charge in [-0.1, -0.05) is 47.1 Å². The molecule has 0 aliphatic carbocycles. The molecule has 1 heterocycles. The van der Waals surface area contributed by atoms with E-state index in [2.05, 4.69) is 22.1 Å². The van der Waals surface area contributed by atoms with Gasteiger partial charge >= 0.3 is 0 Å². The number of rotatable bonds is 9. The number of allylic oxidation sites excluding steroid dienone is 1. The molecule has 0 aliphatic heterocycles. The van der Waals surface area contributed by atoms with E-state index in [4.69, 9.17) is 27.9 Å². The number of thioether (sulfide) groups is 1. The van der Waals surface area contributed by atoms with Gasteiger partial charge in [0, 0.05) is 11.6 Å². The molecule has 31 heavy (non-hydrogen) atoms. The van der Waals surface area contributed by atoms with Crippen LogP contribution < -0.4 is 10.1 Å². The molecular formula is C22H22Cl2N4O2S. The highest BCUT2D eigenvalue weighted by molar-refractivity contribution is 7.99. The number of hydrogen-bond donors (Lipinski definition) is 1. The van der Waals surface area contributed by atoms with Crippen molar-refractivity contribution in [2.24, 2.45) is 0 Å². The summed E-state index contributed by atoms with van der Waals surface area (Å²) in [5, 5.41) is 13.1. The molecule has 1 N–H and O–H groups in total. The molecule has 0 saturated heterocycles. The fourth-order valence-corrected chi connectivity index (χ4v) is 4.16. The lowest BCUT2D eigenvalue weighted by Gasteiger charge is -2.12. The van der Waals surface area contributed by atoms with Crippen molar-refractivity contribution in [1.29, 1.82) is 0 Å². The van der Waals surface area contributed by atoms with Gasteiger partial charge < -0.3 is 10.1 Å². The first kappa shape index (κ1) is 23.2. The van der Waals surface area contributed by atoms with Crippen LogP contribution in [0.25, 0.3) is 0 Å². The Balaban J connectivity index is 1.64. The van der Waals surface area contributed by atoms with Crippen LogP contribution >= 0.6 is 35.0 Å². The molecule has 0 atom stereocenters. The summed E-state index contributed by atoms with van der Waals surface area (Å²) in [5.41, 5.74) is 2.59. The summed E-state index contributed by atoms with van der Waals surface area (Å²) < 4.78 is 7.63. The summed E-state index contributed by atoms with van der Waals surface area (Å²) in [5.74, 6) is 1.30. The average Bonchev–Trinajstić information content (AvgIpc) is 3.10. The predicted molar refractivity (Wildman–Crippen MR) is 126 cm³/mol. The second-order valence-corrected chi connectivity index (χ2v) is 8.60. The maximum atomic E-state index is 12.5. The van der Waals surface area contributed by atoms with Crippen LogP contribution in [0.5, 0.6) is 5.75 Å². The van der Waals surface area contributed by atoms with Crippen LogP contribution in [0.4, 0.5) is 5.69 Å². The summed E-state index contributed by atoms with van der Waals surface area (Å²) in [6.45, 7) is 8.39. The fourth-order valence-electron chi connectivity index (χ4n) is 2.90. The summed E-state index contributed by atoms with van der Waals surface area (Å²) >= 11 is 13.5. The number of carbonyl (C=O) groups excluding carboxylic acids is 1. The predicted octanol–water partition coefficient (Wildman–Crippen LogP) is 5.70. The molecule has 0 spiro atoms. The van der Waals surface area contributed by atoms with Crippen LogP contribution in [0.1, 0.15) is 17.0 Å². The SMILES string of the molecule is C=CCn1c(COc2ccc(Cl)cc2)nnc1SCC(=O)Nc1c(C)cc(C)cc1Cl. The third-order valence-corrected chi connectivity index (χ3v) is 5.83. The van der Waals surface area contributed by atoms with Crippen molar-refractivity contribution in [3.8, 4) is 5.75 Å². The monoisotopic (exact) mass is 476 g/mol. The van der Waals surface area contributed by atoms with Gasteiger partial charge in [0.05, 0.1) is 16.5 Å². The summed E-state index contributed by atoms with van der Waals surface area (Å²) in [6, 6.07) is 10.9. The zero-order chi connectivity index (χ0) is 22.4. The second kappa shape index (κ2) is 10.7. The number of aryl methyl sites for hydroxylation is 2. The number of benzene rings is 2. The van der Waals surface area contributed by atoms with Crippen LogP contribution in [0.15, 0.2) is 54.2 Å². The molecule has 0 radical (unpaired) electrons. The molecule has 0 bridgehead atoms. The Morgan fingerprint density at radius 3 is 2.65 bits per heavy atom. The van der Waals surface area contributed by atoms with Crippen LogP contribution in [0, 0.1) is 13.8 Å². The highest BCUT2D eigenvalue weighted by Crippen LogP contribution is 2.28. The van der Waals surface area contributed by atoms with E-state index in [-0.39, 0.29) is 18.3 Å². The Morgan fingerprint density at radius 2 is 1.97 bits per heavy atom. The Labute approximate surface area is 195 Å². The Bertz CT molecular complexity index is 1060. The summed E-state index contributed by atoms with van der Waals surface area (Å²) in [4.78, 5) is 12.5. The molecule has 1 amide bonds. The van der Waals surface area contributed by atoms with E-state index in [1.165, 1.54) is 11.8 Å². The highest BCUT2D eigenvalue weighted by atomic mass is 35.5. The molecule has 1 aromatic heterocycles. The largest absolute Gasteiger partial charge is 0.486 e. The zero-order valence-corrected chi connectivity index (χ0v) is 19.5. The number of nitrogens with zero attached hydrogens (tertiary/aromatic N) is 3. The molecule has 162 valence electrons. The minimum atomic E-state index is -0.175. The Hall–Kier alpha value is -2.48. The standard InChI is InChI=1S/C22H22Cl2N4O2S/c1-4-9-28-19(12-30-17-7-5-16(23)6-8-17)26-27-22(28)31-13-20(29)25-21-15(3)10-14(2)11-18(21)24/h4-8,10-11H,1,9,12-13H2,2-3H3,(H,25,29). The Kier molecular flexibility index (Phi) is 8.01. The van der Waals surface area contributed by atoms with E-state index in [0.29, 0.717) is 39.0 Å². The molecule has 0 saturated carbocycles. The van der Waals surface area contributed by atoms with E-state index in [1.807, 2.05) is 30.5 Å². The molecule has 3 aromatic rings. The van der Waals surface area contributed by atoms with Crippen molar-refractivity contribution in [2.45, 2.75) is 32.2 Å². The van der Waals surface area contributed by atoms with Crippen LogP contribution in [-0.2, 0) is 17.9 Å². The smallest absolute Gasteiger partial charge is 0.234 e. The number of ether oxygens (including phenoxy) is 1. The molecule has 0 aliphatic rings. The molecule has 0 fully saturated rings. The van der Waals surface area contributed by atoms with Gasteiger partial charge in [-0.15, -0.1) is 16.8 Å². The van der Waals surface area contributed by atoms with Crippen molar-refractivity contribution in [3.05, 3.63) is 76.0 Å². The van der Waals surface area contributed by atoms with Crippen LogP contribution in [0.2, 0.25) is 10.0 Å². The maximum absolute atomic E-state index is 12.5. The number of amides is 1. The molecule has 0 unspecified atom stereocenters.